The number of methoxy groups -OCH3 is 1. The first-order chi connectivity index (χ1) is 5.75. The maximum Gasteiger partial charge on any atom is 0.225 e. The molecule has 3 heteroatoms. The quantitative estimate of drug-likeness (QED) is 0.595. The molecule has 0 aromatic rings. The van der Waals surface area contributed by atoms with E-state index in [1.165, 1.54) is 0 Å². The lowest BCUT2D eigenvalue weighted by molar-refractivity contribution is -0.136. The van der Waals surface area contributed by atoms with E-state index >= 15 is 0 Å². The summed E-state index contributed by atoms with van der Waals surface area (Å²) in [6, 6.07) is 0. The van der Waals surface area contributed by atoms with E-state index in [-0.39, 0.29) is 12.1 Å². The lowest BCUT2D eigenvalue weighted by atomic mass is 10.2. The summed E-state index contributed by atoms with van der Waals surface area (Å²) < 4.78 is 5.20. The summed E-state index contributed by atoms with van der Waals surface area (Å²) in [6.45, 7) is 1.56. The minimum atomic E-state index is -0.0683. The molecule has 0 aliphatic carbocycles. The lowest BCUT2D eigenvalue weighted by Crippen LogP contribution is -2.35. The molecular formula is C9H15NO2. The van der Waals surface area contributed by atoms with Gasteiger partial charge in [0.25, 0.3) is 0 Å². The second-order valence-corrected chi connectivity index (χ2v) is 2.93. The lowest BCUT2D eigenvalue weighted by Gasteiger charge is -2.24. The molecule has 0 radical (unpaired) electrons. The average Bonchev–Trinajstić information content (AvgIpc) is 2.27. The van der Waals surface area contributed by atoms with Crippen molar-refractivity contribution in [1.82, 2.24) is 4.90 Å². The van der Waals surface area contributed by atoms with Crippen LogP contribution in [-0.2, 0) is 9.53 Å². The molecular weight excluding hydrogens is 154 g/mol. The van der Waals surface area contributed by atoms with Gasteiger partial charge in [0.1, 0.15) is 6.23 Å². The highest BCUT2D eigenvalue weighted by Gasteiger charge is 2.19. The molecule has 0 saturated heterocycles. The maximum absolute atomic E-state index is 11.1. The molecule has 0 spiro atoms. The van der Waals surface area contributed by atoms with Gasteiger partial charge in [-0.05, 0) is 19.3 Å². The van der Waals surface area contributed by atoms with Crippen LogP contribution in [0, 0.1) is 0 Å². The molecule has 12 heavy (non-hydrogen) atoms. The predicted octanol–water partition coefficient (Wildman–Crippen LogP) is 1.50. The summed E-state index contributed by atoms with van der Waals surface area (Å²) in [5.74, 6) is 0.0417. The summed E-state index contributed by atoms with van der Waals surface area (Å²) in [4.78, 5) is 12.8. The Morgan fingerprint density at radius 2 is 2.42 bits per heavy atom. The molecule has 1 aliphatic rings. The van der Waals surface area contributed by atoms with Crippen LogP contribution in [0.25, 0.3) is 0 Å². The maximum atomic E-state index is 11.1. The number of hydrogen-bond donors (Lipinski definition) is 0. The molecule has 1 rings (SSSR count). The fraction of sp³-hybridized carbons (Fsp3) is 0.667. The summed E-state index contributed by atoms with van der Waals surface area (Å²) in [6.07, 6.45) is 6.80. The fourth-order valence-electron chi connectivity index (χ4n) is 1.37. The average molecular weight is 169 g/mol. The van der Waals surface area contributed by atoms with Crippen molar-refractivity contribution in [2.24, 2.45) is 0 Å². The molecule has 1 heterocycles. The third kappa shape index (κ3) is 2.08. The Morgan fingerprint density at radius 3 is 3.00 bits per heavy atom. The van der Waals surface area contributed by atoms with Crippen LogP contribution in [0.15, 0.2) is 12.3 Å². The van der Waals surface area contributed by atoms with E-state index in [0.29, 0.717) is 0 Å². The van der Waals surface area contributed by atoms with E-state index in [9.17, 15) is 4.79 Å². The largest absolute Gasteiger partial charge is 0.361 e. The molecule has 0 N–H and O–H groups in total. The van der Waals surface area contributed by atoms with E-state index < -0.39 is 0 Å². The van der Waals surface area contributed by atoms with Gasteiger partial charge in [-0.25, -0.2) is 0 Å². The van der Waals surface area contributed by atoms with Crippen molar-refractivity contribution in [3.8, 4) is 0 Å². The molecule has 0 fully saturated rings. The second kappa shape index (κ2) is 4.26. The van der Waals surface area contributed by atoms with Gasteiger partial charge in [-0.15, -0.1) is 0 Å². The van der Waals surface area contributed by atoms with Gasteiger partial charge in [0.2, 0.25) is 5.91 Å². The molecule has 1 atom stereocenters. The molecule has 0 aromatic carbocycles. The van der Waals surface area contributed by atoms with Crippen molar-refractivity contribution in [2.45, 2.75) is 32.4 Å². The van der Waals surface area contributed by atoms with Crippen LogP contribution >= 0.6 is 0 Å². The topological polar surface area (TPSA) is 29.5 Å². The van der Waals surface area contributed by atoms with Crippen LogP contribution in [0.3, 0.4) is 0 Å². The highest BCUT2D eigenvalue weighted by atomic mass is 16.5. The molecule has 1 amide bonds. The molecule has 0 bridgehead atoms. The Bertz CT molecular complexity index is 189. The van der Waals surface area contributed by atoms with Gasteiger partial charge >= 0.3 is 0 Å². The van der Waals surface area contributed by atoms with E-state index in [2.05, 4.69) is 0 Å². The Kier molecular flexibility index (Phi) is 3.29. The minimum Gasteiger partial charge on any atom is -0.361 e. The zero-order valence-electron chi connectivity index (χ0n) is 7.62. The third-order valence-electron chi connectivity index (χ3n) is 2.03. The van der Waals surface area contributed by atoms with Crippen molar-refractivity contribution in [1.29, 1.82) is 0 Å². The second-order valence-electron chi connectivity index (χ2n) is 2.93. The van der Waals surface area contributed by atoms with Crippen molar-refractivity contribution < 1.29 is 9.53 Å². The summed E-state index contributed by atoms with van der Waals surface area (Å²) in [5, 5.41) is 0. The summed E-state index contributed by atoms with van der Waals surface area (Å²) >= 11 is 0. The Labute approximate surface area is 73.0 Å². The number of carbonyl (C=O) groups is 1. The normalized spacial score (nSPS) is 23.8. The minimum absolute atomic E-state index is 0.0417. The molecule has 0 saturated carbocycles. The van der Waals surface area contributed by atoms with Gasteiger partial charge in [-0.1, -0.05) is 6.08 Å². The molecule has 68 valence electrons. The fourth-order valence-corrected chi connectivity index (χ4v) is 1.37. The Morgan fingerprint density at radius 1 is 1.67 bits per heavy atom. The number of nitrogens with zero attached hydrogens (tertiary/aromatic N) is 1. The van der Waals surface area contributed by atoms with Crippen molar-refractivity contribution in [2.75, 3.05) is 7.11 Å². The third-order valence-corrected chi connectivity index (χ3v) is 2.03. The van der Waals surface area contributed by atoms with E-state index in [1.54, 1.807) is 18.9 Å². The smallest absolute Gasteiger partial charge is 0.225 e. The molecule has 1 unspecified atom stereocenters. The number of ether oxygens (including phenoxy) is 1. The number of amides is 1. The van der Waals surface area contributed by atoms with Gasteiger partial charge in [-0.2, -0.15) is 0 Å². The van der Waals surface area contributed by atoms with Gasteiger partial charge in [0.15, 0.2) is 0 Å². The first-order valence-corrected chi connectivity index (χ1v) is 4.24. The number of allylic oxidation sites excluding steroid dienone is 1. The van der Waals surface area contributed by atoms with Crippen molar-refractivity contribution >= 4 is 5.91 Å². The number of rotatable bonds is 1. The van der Waals surface area contributed by atoms with Gasteiger partial charge in [-0.3, -0.25) is 9.69 Å². The van der Waals surface area contributed by atoms with E-state index in [1.807, 2.05) is 12.3 Å². The van der Waals surface area contributed by atoms with Crippen LogP contribution in [0.5, 0.6) is 0 Å². The highest BCUT2D eigenvalue weighted by molar-refractivity contribution is 5.74. The summed E-state index contributed by atoms with van der Waals surface area (Å²) in [7, 11) is 1.64. The molecule has 0 aromatic heterocycles. The van der Waals surface area contributed by atoms with E-state index in [0.717, 1.165) is 19.3 Å². The zero-order chi connectivity index (χ0) is 8.97. The monoisotopic (exact) mass is 169 g/mol. The number of hydrogen-bond acceptors (Lipinski definition) is 2. The number of carbonyl (C=O) groups excluding carboxylic acids is 1. The Hall–Kier alpha value is -0.830. The standard InChI is InChI=1S/C9H15NO2/c1-8(11)10-7-5-3-4-6-9(10)12-2/h5,7,9H,3-4,6H2,1-2H3. The van der Waals surface area contributed by atoms with Crippen molar-refractivity contribution in [3.05, 3.63) is 12.3 Å². The van der Waals surface area contributed by atoms with E-state index in [4.69, 9.17) is 4.74 Å². The summed E-state index contributed by atoms with van der Waals surface area (Å²) in [5.41, 5.74) is 0. The first kappa shape index (κ1) is 9.26. The van der Waals surface area contributed by atoms with Crippen LogP contribution in [0.1, 0.15) is 26.2 Å². The van der Waals surface area contributed by atoms with Crippen LogP contribution < -0.4 is 0 Å². The first-order valence-electron chi connectivity index (χ1n) is 4.24. The zero-order valence-corrected chi connectivity index (χ0v) is 7.62. The van der Waals surface area contributed by atoms with Crippen LogP contribution in [0.2, 0.25) is 0 Å². The SMILES string of the molecule is COC1CCCC=CN1C(C)=O. The van der Waals surface area contributed by atoms with Crippen molar-refractivity contribution in [3.63, 3.8) is 0 Å². The molecule has 1 aliphatic heterocycles. The van der Waals surface area contributed by atoms with Gasteiger partial charge in [0.05, 0.1) is 0 Å². The highest BCUT2D eigenvalue weighted by Crippen LogP contribution is 2.15. The molecule has 3 nitrogen and oxygen atoms in total. The van der Waals surface area contributed by atoms with Crippen LogP contribution in [0.4, 0.5) is 0 Å². The van der Waals surface area contributed by atoms with Gasteiger partial charge < -0.3 is 4.74 Å². The predicted molar refractivity (Wildman–Crippen MR) is 46.3 cm³/mol. The van der Waals surface area contributed by atoms with Crippen LogP contribution in [-0.4, -0.2) is 24.1 Å². The Balaban J connectivity index is 2.68. The van der Waals surface area contributed by atoms with Gasteiger partial charge in [0, 0.05) is 20.2 Å².